The SMILES string of the molecule is COC1(C(=O)O)CCN(Cc2nc(C)cs2)CC1. The Balaban J connectivity index is 1.92. The summed E-state index contributed by atoms with van der Waals surface area (Å²) in [4.78, 5) is 17.9. The van der Waals surface area contributed by atoms with E-state index in [1.54, 1.807) is 11.3 Å². The van der Waals surface area contributed by atoms with E-state index in [0.717, 1.165) is 30.3 Å². The van der Waals surface area contributed by atoms with Crippen LogP contribution in [0.1, 0.15) is 23.5 Å². The molecule has 0 aromatic carbocycles. The molecule has 0 saturated carbocycles. The van der Waals surface area contributed by atoms with Crippen molar-refractivity contribution in [2.75, 3.05) is 20.2 Å². The Hall–Kier alpha value is -0.980. The van der Waals surface area contributed by atoms with Gasteiger partial charge in [0.2, 0.25) is 0 Å². The van der Waals surface area contributed by atoms with E-state index in [2.05, 4.69) is 9.88 Å². The number of likely N-dealkylation sites (tertiary alicyclic amines) is 1. The molecule has 1 aromatic heterocycles. The number of thiazole rings is 1. The summed E-state index contributed by atoms with van der Waals surface area (Å²) in [5, 5.41) is 12.3. The molecule has 100 valence electrons. The van der Waals surface area contributed by atoms with Crippen LogP contribution < -0.4 is 0 Å². The molecule has 0 aliphatic carbocycles. The van der Waals surface area contributed by atoms with Crippen molar-refractivity contribution in [3.8, 4) is 0 Å². The summed E-state index contributed by atoms with van der Waals surface area (Å²) in [6.45, 7) is 4.26. The number of aromatic nitrogens is 1. The first-order valence-electron chi connectivity index (χ1n) is 5.98. The van der Waals surface area contributed by atoms with Crippen LogP contribution >= 0.6 is 11.3 Å². The number of aryl methyl sites for hydroxylation is 1. The minimum atomic E-state index is -0.991. The number of carboxylic acid groups (broad SMARTS) is 1. The highest BCUT2D eigenvalue weighted by molar-refractivity contribution is 7.09. The van der Waals surface area contributed by atoms with Crippen LogP contribution in [0.4, 0.5) is 0 Å². The van der Waals surface area contributed by atoms with Gasteiger partial charge in [0.1, 0.15) is 5.01 Å². The van der Waals surface area contributed by atoms with E-state index in [1.807, 2.05) is 12.3 Å². The van der Waals surface area contributed by atoms with Crippen molar-refractivity contribution >= 4 is 17.3 Å². The zero-order valence-corrected chi connectivity index (χ0v) is 11.5. The summed E-state index contributed by atoms with van der Waals surface area (Å²) in [5.41, 5.74) is 0.0544. The molecule has 1 aromatic rings. The second-order valence-corrected chi connectivity index (χ2v) is 5.60. The predicted molar refractivity (Wildman–Crippen MR) is 68.7 cm³/mol. The van der Waals surface area contributed by atoms with Gasteiger partial charge in [0.25, 0.3) is 0 Å². The highest BCUT2D eigenvalue weighted by atomic mass is 32.1. The summed E-state index contributed by atoms with van der Waals surface area (Å²) in [7, 11) is 1.48. The van der Waals surface area contributed by atoms with Crippen LogP contribution in [0.5, 0.6) is 0 Å². The van der Waals surface area contributed by atoms with E-state index in [-0.39, 0.29) is 0 Å². The lowest BCUT2D eigenvalue weighted by molar-refractivity contribution is -0.168. The van der Waals surface area contributed by atoms with Gasteiger partial charge >= 0.3 is 5.97 Å². The van der Waals surface area contributed by atoms with Gasteiger partial charge in [0.05, 0.1) is 6.54 Å². The van der Waals surface area contributed by atoms with Gasteiger partial charge in [0.15, 0.2) is 5.60 Å². The van der Waals surface area contributed by atoms with Crippen LogP contribution in [0, 0.1) is 6.92 Å². The number of ether oxygens (including phenoxy) is 1. The maximum Gasteiger partial charge on any atom is 0.336 e. The Morgan fingerprint density at radius 3 is 2.72 bits per heavy atom. The molecular weight excluding hydrogens is 252 g/mol. The Kier molecular flexibility index (Phi) is 3.99. The first kappa shape index (κ1) is 13.5. The van der Waals surface area contributed by atoms with Crippen LogP contribution in [0.3, 0.4) is 0 Å². The third kappa shape index (κ3) is 2.71. The number of aliphatic carboxylic acids is 1. The molecule has 0 amide bonds. The molecule has 2 rings (SSSR count). The smallest absolute Gasteiger partial charge is 0.336 e. The number of carboxylic acids is 1. The Morgan fingerprint density at radius 1 is 1.61 bits per heavy atom. The summed E-state index contributed by atoms with van der Waals surface area (Å²) >= 11 is 1.65. The topological polar surface area (TPSA) is 62.7 Å². The summed E-state index contributed by atoms with van der Waals surface area (Å²) in [6.07, 6.45) is 1.06. The van der Waals surface area contributed by atoms with Gasteiger partial charge < -0.3 is 9.84 Å². The number of piperidine rings is 1. The zero-order chi connectivity index (χ0) is 13.2. The average Bonchev–Trinajstić information content (AvgIpc) is 2.76. The molecule has 0 unspecified atom stereocenters. The third-order valence-corrected chi connectivity index (χ3v) is 4.42. The number of methoxy groups -OCH3 is 1. The Labute approximate surface area is 110 Å². The van der Waals surface area contributed by atoms with Gasteiger partial charge in [-0.25, -0.2) is 9.78 Å². The second kappa shape index (κ2) is 5.34. The molecule has 18 heavy (non-hydrogen) atoms. The first-order chi connectivity index (χ1) is 8.55. The normalized spacial score (nSPS) is 19.9. The van der Waals surface area contributed by atoms with Gasteiger partial charge in [-0.05, 0) is 19.8 Å². The van der Waals surface area contributed by atoms with Gasteiger partial charge in [-0.3, -0.25) is 4.90 Å². The lowest BCUT2D eigenvalue weighted by atomic mass is 9.91. The lowest BCUT2D eigenvalue weighted by Crippen LogP contribution is -2.50. The zero-order valence-electron chi connectivity index (χ0n) is 10.7. The van der Waals surface area contributed by atoms with Crippen molar-refractivity contribution in [1.29, 1.82) is 0 Å². The van der Waals surface area contributed by atoms with Crippen LogP contribution in [-0.2, 0) is 16.1 Å². The van der Waals surface area contributed by atoms with E-state index in [1.165, 1.54) is 7.11 Å². The highest BCUT2D eigenvalue weighted by Gasteiger charge is 2.41. The van der Waals surface area contributed by atoms with Crippen molar-refractivity contribution < 1.29 is 14.6 Å². The standard InChI is InChI=1S/C12H18N2O3S/c1-9-8-18-10(13-9)7-14-5-3-12(17-2,4-6-14)11(15)16/h8H,3-7H2,1-2H3,(H,15,16). The monoisotopic (exact) mass is 270 g/mol. The number of hydrogen-bond acceptors (Lipinski definition) is 5. The molecular formula is C12H18N2O3S. The molecule has 2 heterocycles. The maximum absolute atomic E-state index is 11.2. The lowest BCUT2D eigenvalue weighted by Gasteiger charge is -2.37. The molecule has 1 aliphatic rings. The summed E-state index contributed by atoms with van der Waals surface area (Å²) in [6, 6.07) is 0. The number of carbonyl (C=O) groups is 1. The van der Waals surface area contributed by atoms with Crippen molar-refractivity contribution in [2.24, 2.45) is 0 Å². The van der Waals surface area contributed by atoms with Gasteiger partial charge in [-0.2, -0.15) is 0 Å². The molecule has 0 bridgehead atoms. The number of hydrogen-bond donors (Lipinski definition) is 1. The molecule has 1 fully saturated rings. The molecule has 1 aliphatic heterocycles. The van der Waals surface area contributed by atoms with Gasteiger partial charge in [-0.1, -0.05) is 0 Å². The average molecular weight is 270 g/mol. The fourth-order valence-corrected chi connectivity index (χ4v) is 3.06. The Bertz CT molecular complexity index is 425. The van der Waals surface area contributed by atoms with E-state index in [9.17, 15) is 9.90 Å². The van der Waals surface area contributed by atoms with Crippen LogP contribution in [0.15, 0.2) is 5.38 Å². The van der Waals surface area contributed by atoms with E-state index < -0.39 is 11.6 Å². The van der Waals surface area contributed by atoms with Gasteiger partial charge in [0, 0.05) is 31.3 Å². The third-order valence-electron chi connectivity index (χ3n) is 3.47. The summed E-state index contributed by atoms with van der Waals surface area (Å²) < 4.78 is 5.20. The van der Waals surface area contributed by atoms with Crippen molar-refractivity contribution in [1.82, 2.24) is 9.88 Å². The fraction of sp³-hybridized carbons (Fsp3) is 0.667. The molecule has 0 atom stereocenters. The summed E-state index contributed by atoms with van der Waals surface area (Å²) in [5.74, 6) is -0.852. The number of nitrogens with zero attached hydrogens (tertiary/aromatic N) is 2. The van der Waals surface area contributed by atoms with Crippen LogP contribution in [0.25, 0.3) is 0 Å². The highest BCUT2D eigenvalue weighted by Crippen LogP contribution is 2.27. The molecule has 0 spiro atoms. The largest absolute Gasteiger partial charge is 0.479 e. The van der Waals surface area contributed by atoms with Crippen molar-refractivity contribution in [3.05, 3.63) is 16.1 Å². The quantitative estimate of drug-likeness (QED) is 0.898. The fourth-order valence-electron chi connectivity index (χ4n) is 2.24. The van der Waals surface area contributed by atoms with Crippen molar-refractivity contribution in [3.63, 3.8) is 0 Å². The number of rotatable bonds is 4. The van der Waals surface area contributed by atoms with E-state index >= 15 is 0 Å². The minimum absolute atomic E-state index is 0.531. The molecule has 5 nitrogen and oxygen atoms in total. The van der Waals surface area contributed by atoms with Crippen LogP contribution in [0.2, 0.25) is 0 Å². The first-order valence-corrected chi connectivity index (χ1v) is 6.85. The van der Waals surface area contributed by atoms with Gasteiger partial charge in [-0.15, -0.1) is 11.3 Å². The molecule has 0 radical (unpaired) electrons. The second-order valence-electron chi connectivity index (χ2n) is 4.66. The Morgan fingerprint density at radius 2 is 2.28 bits per heavy atom. The minimum Gasteiger partial charge on any atom is -0.479 e. The van der Waals surface area contributed by atoms with E-state index in [0.29, 0.717) is 12.8 Å². The predicted octanol–water partition coefficient (Wildman–Crippen LogP) is 1.52. The molecule has 1 saturated heterocycles. The maximum atomic E-state index is 11.2. The van der Waals surface area contributed by atoms with Crippen LogP contribution in [-0.4, -0.2) is 46.8 Å². The van der Waals surface area contributed by atoms with Crippen molar-refractivity contribution in [2.45, 2.75) is 31.9 Å². The van der Waals surface area contributed by atoms with E-state index in [4.69, 9.17) is 4.74 Å². The molecule has 6 heteroatoms. The molecule has 1 N–H and O–H groups in total.